The number of nitrogens with one attached hydrogen (secondary N) is 1. The normalized spacial score (nSPS) is 12.3. The van der Waals surface area contributed by atoms with Gasteiger partial charge in [-0.25, -0.2) is 9.98 Å². The summed E-state index contributed by atoms with van der Waals surface area (Å²) in [4.78, 5) is 12.8. The van der Waals surface area contributed by atoms with Gasteiger partial charge in [0.1, 0.15) is 23.1 Å². The Morgan fingerprint density at radius 2 is 1.77 bits per heavy atom. The summed E-state index contributed by atoms with van der Waals surface area (Å²) < 4.78 is 6.04. The van der Waals surface area contributed by atoms with E-state index in [1.807, 2.05) is 30.3 Å². The van der Waals surface area contributed by atoms with E-state index in [9.17, 15) is 0 Å². The minimum Gasteiger partial charge on any atom is -0.454 e. The fourth-order valence-electron chi connectivity index (χ4n) is 2.82. The average molecular weight is 347 g/mol. The molecule has 8 nitrogen and oxygen atoms in total. The third-order valence-corrected chi connectivity index (χ3v) is 4.01. The van der Waals surface area contributed by atoms with Crippen LogP contribution in [-0.4, -0.2) is 22.9 Å². The van der Waals surface area contributed by atoms with Crippen molar-refractivity contribution in [1.82, 2.24) is 9.97 Å². The maximum absolute atomic E-state index is 6.25. The number of benzene rings is 2. The highest BCUT2D eigenvalue weighted by Gasteiger charge is 2.20. The number of rotatable bonds is 2. The number of aliphatic imine (C=N–C) groups is 1. The molecule has 0 aliphatic carbocycles. The number of fused-ring (bicyclic) bond motifs is 2. The van der Waals surface area contributed by atoms with Gasteiger partial charge in [-0.3, -0.25) is 0 Å². The second-order valence-electron chi connectivity index (χ2n) is 5.75. The molecule has 8 heteroatoms. The van der Waals surface area contributed by atoms with Gasteiger partial charge in [0, 0.05) is 24.4 Å². The summed E-state index contributed by atoms with van der Waals surface area (Å²) in [5, 5.41) is 2.95. The Bertz CT molecular complexity index is 1050. The summed E-state index contributed by atoms with van der Waals surface area (Å²) >= 11 is 0. The smallest absolute Gasteiger partial charge is 0.222 e. The molecule has 0 atom stereocenters. The largest absolute Gasteiger partial charge is 0.454 e. The fourth-order valence-corrected chi connectivity index (χ4v) is 2.82. The Hall–Kier alpha value is -3.81. The second kappa shape index (κ2) is 5.92. The predicted octanol–water partition coefficient (Wildman–Crippen LogP) is 2.49. The molecule has 0 unspecified atom stereocenters. The number of ether oxygens (including phenoxy) is 1. The Kier molecular flexibility index (Phi) is 3.58. The zero-order valence-corrected chi connectivity index (χ0v) is 14.0. The summed E-state index contributed by atoms with van der Waals surface area (Å²) in [7, 11) is 1.76. The Balaban J connectivity index is 1.89. The Labute approximate surface area is 149 Å². The van der Waals surface area contributed by atoms with Crippen LogP contribution in [0.4, 0.5) is 23.1 Å². The predicted molar refractivity (Wildman–Crippen MR) is 103 cm³/mol. The van der Waals surface area contributed by atoms with Gasteiger partial charge in [-0.2, -0.15) is 4.98 Å². The first-order valence-corrected chi connectivity index (χ1v) is 7.93. The van der Waals surface area contributed by atoms with Crippen molar-refractivity contribution < 1.29 is 4.74 Å². The van der Waals surface area contributed by atoms with Crippen molar-refractivity contribution in [1.29, 1.82) is 0 Å². The molecular formula is C18H17N7O. The molecule has 0 amide bonds. The van der Waals surface area contributed by atoms with Crippen LogP contribution in [0.1, 0.15) is 5.56 Å². The summed E-state index contributed by atoms with van der Waals surface area (Å²) in [5.74, 6) is 2.17. The lowest BCUT2D eigenvalue weighted by atomic mass is 10.0. The van der Waals surface area contributed by atoms with Crippen LogP contribution in [-0.2, 0) is 0 Å². The third-order valence-electron chi connectivity index (χ3n) is 4.01. The van der Waals surface area contributed by atoms with Crippen LogP contribution in [0.2, 0.25) is 0 Å². The van der Waals surface area contributed by atoms with Gasteiger partial charge in [-0.05, 0) is 24.3 Å². The van der Waals surface area contributed by atoms with Crippen LogP contribution in [0.25, 0.3) is 11.3 Å². The molecule has 4 rings (SSSR count). The van der Waals surface area contributed by atoms with E-state index in [2.05, 4.69) is 20.3 Å². The molecule has 1 aliphatic rings. The molecule has 1 aliphatic heterocycles. The van der Waals surface area contributed by atoms with Gasteiger partial charge >= 0.3 is 0 Å². The summed E-state index contributed by atoms with van der Waals surface area (Å²) in [6.07, 6.45) is 0. The number of nitrogens with two attached hydrogens (primary N) is 3. The van der Waals surface area contributed by atoms with Crippen LogP contribution in [0.3, 0.4) is 0 Å². The van der Waals surface area contributed by atoms with Gasteiger partial charge in [-0.15, -0.1) is 0 Å². The van der Waals surface area contributed by atoms with Gasteiger partial charge in [0.15, 0.2) is 5.75 Å². The lowest BCUT2D eigenvalue weighted by Crippen LogP contribution is -2.15. The number of hydrogen-bond donors (Lipinski definition) is 4. The Morgan fingerprint density at radius 1 is 0.962 bits per heavy atom. The maximum atomic E-state index is 6.25. The minimum absolute atomic E-state index is 0.160. The van der Waals surface area contributed by atoms with E-state index in [0.29, 0.717) is 45.8 Å². The zero-order valence-electron chi connectivity index (χ0n) is 14.0. The molecule has 26 heavy (non-hydrogen) atoms. The summed E-state index contributed by atoms with van der Waals surface area (Å²) in [5.41, 5.74) is 21.2. The molecule has 0 bridgehead atoms. The fraction of sp³-hybridized carbons (Fsp3) is 0.0556. The van der Waals surface area contributed by atoms with Crippen LogP contribution >= 0.6 is 0 Å². The molecular weight excluding hydrogens is 330 g/mol. The van der Waals surface area contributed by atoms with Crippen molar-refractivity contribution in [3.63, 3.8) is 0 Å². The highest BCUT2D eigenvalue weighted by atomic mass is 16.5. The van der Waals surface area contributed by atoms with Crippen LogP contribution in [0.5, 0.6) is 11.5 Å². The quantitative estimate of drug-likeness (QED) is 0.522. The van der Waals surface area contributed by atoms with E-state index >= 15 is 0 Å². The van der Waals surface area contributed by atoms with Crippen LogP contribution in [0, 0.1) is 0 Å². The van der Waals surface area contributed by atoms with E-state index in [-0.39, 0.29) is 5.95 Å². The van der Waals surface area contributed by atoms with Gasteiger partial charge in [0.25, 0.3) is 0 Å². The van der Waals surface area contributed by atoms with E-state index in [1.165, 1.54) is 0 Å². The third kappa shape index (κ3) is 2.63. The highest BCUT2D eigenvalue weighted by molar-refractivity contribution is 6.07. The van der Waals surface area contributed by atoms with E-state index in [0.717, 1.165) is 5.56 Å². The van der Waals surface area contributed by atoms with Crippen molar-refractivity contribution in [2.45, 2.75) is 0 Å². The topological polar surface area (TPSA) is 137 Å². The molecule has 3 aromatic rings. The van der Waals surface area contributed by atoms with Crippen molar-refractivity contribution in [2.75, 3.05) is 23.8 Å². The van der Waals surface area contributed by atoms with E-state index < -0.39 is 0 Å². The number of nitrogens with zero attached hydrogens (tertiary/aromatic N) is 3. The molecule has 7 N–H and O–H groups in total. The summed E-state index contributed by atoms with van der Waals surface area (Å²) in [6, 6.07) is 12.7. The second-order valence-corrected chi connectivity index (χ2v) is 5.75. The van der Waals surface area contributed by atoms with E-state index in [4.69, 9.17) is 21.9 Å². The van der Waals surface area contributed by atoms with Gasteiger partial charge in [0.05, 0.1) is 11.3 Å². The van der Waals surface area contributed by atoms with Crippen molar-refractivity contribution in [3.05, 3.63) is 48.0 Å². The molecule has 130 valence electrons. The van der Waals surface area contributed by atoms with E-state index in [1.54, 1.807) is 19.2 Å². The molecule has 0 saturated heterocycles. The van der Waals surface area contributed by atoms with Gasteiger partial charge < -0.3 is 27.3 Å². The number of nitrogen functional groups attached to an aromatic ring is 2. The highest BCUT2D eigenvalue weighted by Crippen LogP contribution is 2.40. The maximum Gasteiger partial charge on any atom is 0.222 e. The molecule has 0 radical (unpaired) electrons. The van der Waals surface area contributed by atoms with Crippen molar-refractivity contribution >= 4 is 29.0 Å². The van der Waals surface area contributed by atoms with Gasteiger partial charge in [-0.1, -0.05) is 12.1 Å². The molecule has 2 aromatic carbocycles. The zero-order chi connectivity index (χ0) is 18.3. The average Bonchev–Trinajstić information content (AvgIpc) is 2.76. The molecule has 0 fully saturated rings. The molecule has 0 saturated carbocycles. The van der Waals surface area contributed by atoms with Crippen molar-refractivity contribution in [3.8, 4) is 22.8 Å². The molecule has 2 heterocycles. The lowest BCUT2D eigenvalue weighted by molar-refractivity contribution is 0.485. The molecule has 0 spiro atoms. The molecule has 1 aromatic heterocycles. The number of para-hydroxylation sites is 2. The number of aromatic nitrogens is 2. The first-order valence-electron chi connectivity index (χ1n) is 7.93. The standard InChI is InChI=1S/C18H17N7O/c1-22-15-8-12(24-18(21)25-15)9-6-10(19)16-14(7-9)26-13-5-3-2-4-11(13)23-17(16)20/h2-8H,19H2,1H3,(H2,20,23)(H3,21,22,24,25). The number of anilines is 3. The number of amidine groups is 1. The number of hydrogen-bond acceptors (Lipinski definition) is 8. The summed E-state index contributed by atoms with van der Waals surface area (Å²) in [6.45, 7) is 0. The SMILES string of the molecule is CNc1cc(-c2cc(N)c3c(c2)Oc2ccccc2N=C3N)nc(N)n1. The Morgan fingerprint density at radius 3 is 2.58 bits per heavy atom. The first-order chi connectivity index (χ1) is 12.5. The lowest BCUT2D eigenvalue weighted by Gasteiger charge is -2.13. The van der Waals surface area contributed by atoms with Crippen LogP contribution < -0.4 is 27.3 Å². The van der Waals surface area contributed by atoms with Crippen molar-refractivity contribution in [2.24, 2.45) is 10.7 Å². The van der Waals surface area contributed by atoms with Gasteiger partial charge in [0.2, 0.25) is 5.95 Å². The van der Waals surface area contributed by atoms with Crippen LogP contribution in [0.15, 0.2) is 47.5 Å². The first kappa shape index (κ1) is 15.7. The minimum atomic E-state index is 0.160. The monoisotopic (exact) mass is 347 g/mol.